The van der Waals surface area contributed by atoms with Gasteiger partial charge in [-0.3, -0.25) is 0 Å². The molecular formula is C9H20O2. The van der Waals surface area contributed by atoms with E-state index in [0.717, 1.165) is 19.4 Å². The third-order valence-corrected chi connectivity index (χ3v) is 1.40. The SMILES string of the molecule is CCCC(OC)OCC(C)C. The van der Waals surface area contributed by atoms with E-state index in [1.807, 2.05) is 0 Å². The van der Waals surface area contributed by atoms with Crippen molar-refractivity contribution in [2.45, 2.75) is 39.9 Å². The Balaban J connectivity index is 3.35. The Labute approximate surface area is 69.9 Å². The molecule has 0 N–H and O–H groups in total. The zero-order valence-electron chi connectivity index (χ0n) is 8.09. The Morgan fingerprint density at radius 2 is 1.91 bits per heavy atom. The zero-order chi connectivity index (χ0) is 8.69. The van der Waals surface area contributed by atoms with Gasteiger partial charge in [-0.2, -0.15) is 0 Å². The van der Waals surface area contributed by atoms with E-state index in [1.165, 1.54) is 0 Å². The summed E-state index contributed by atoms with van der Waals surface area (Å²) in [7, 11) is 1.70. The summed E-state index contributed by atoms with van der Waals surface area (Å²) >= 11 is 0. The molecule has 0 saturated carbocycles. The van der Waals surface area contributed by atoms with Crippen molar-refractivity contribution in [3.63, 3.8) is 0 Å². The fraction of sp³-hybridized carbons (Fsp3) is 1.00. The van der Waals surface area contributed by atoms with E-state index in [4.69, 9.17) is 9.47 Å². The topological polar surface area (TPSA) is 18.5 Å². The highest BCUT2D eigenvalue weighted by molar-refractivity contribution is 4.45. The van der Waals surface area contributed by atoms with E-state index in [9.17, 15) is 0 Å². The van der Waals surface area contributed by atoms with E-state index in [2.05, 4.69) is 20.8 Å². The zero-order valence-corrected chi connectivity index (χ0v) is 8.09. The molecule has 68 valence electrons. The van der Waals surface area contributed by atoms with Gasteiger partial charge < -0.3 is 9.47 Å². The van der Waals surface area contributed by atoms with E-state index >= 15 is 0 Å². The first-order chi connectivity index (χ1) is 5.20. The first-order valence-corrected chi connectivity index (χ1v) is 4.35. The molecule has 2 nitrogen and oxygen atoms in total. The van der Waals surface area contributed by atoms with Gasteiger partial charge in [-0.25, -0.2) is 0 Å². The first-order valence-electron chi connectivity index (χ1n) is 4.35. The van der Waals surface area contributed by atoms with Crippen molar-refractivity contribution in [1.29, 1.82) is 0 Å². The molecule has 0 rings (SSSR count). The normalized spacial score (nSPS) is 13.9. The van der Waals surface area contributed by atoms with Crippen LogP contribution in [-0.4, -0.2) is 20.0 Å². The molecule has 0 fully saturated rings. The molecule has 1 atom stereocenters. The summed E-state index contributed by atoms with van der Waals surface area (Å²) in [6, 6.07) is 0. The molecule has 0 saturated heterocycles. The minimum Gasteiger partial charge on any atom is -0.356 e. The first kappa shape index (κ1) is 10.9. The average Bonchev–Trinajstić information content (AvgIpc) is 1.97. The summed E-state index contributed by atoms with van der Waals surface area (Å²) in [5, 5.41) is 0. The van der Waals surface area contributed by atoms with E-state index in [0.29, 0.717) is 5.92 Å². The molecule has 0 aromatic rings. The third kappa shape index (κ3) is 6.32. The van der Waals surface area contributed by atoms with Crippen molar-refractivity contribution in [3.05, 3.63) is 0 Å². The smallest absolute Gasteiger partial charge is 0.157 e. The van der Waals surface area contributed by atoms with Crippen LogP contribution in [0.3, 0.4) is 0 Å². The minimum absolute atomic E-state index is 0.00222. The monoisotopic (exact) mass is 160 g/mol. The number of hydrogen-bond donors (Lipinski definition) is 0. The fourth-order valence-electron chi connectivity index (χ4n) is 0.805. The lowest BCUT2D eigenvalue weighted by Crippen LogP contribution is -2.17. The van der Waals surface area contributed by atoms with Gasteiger partial charge in [0.15, 0.2) is 6.29 Å². The van der Waals surface area contributed by atoms with Crippen LogP contribution >= 0.6 is 0 Å². The van der Waals surface area contributed by atoms with E-state index < -0.39 is 0 Å². The predicted octanol–water partition coefficient (Wildman–Crippen LogP) is 2.43. The second-order valence-electron chi connectivity index (χ2n) is 3.18. The lowest BCUT2D eigenvalue weighted by molar-refractivity contribution is -0.133. The van der Waals surface area contributed by atoms with Crippen molar-refractivity contribution < 1.29 is 9.47 Å². The van der Waals surface area contributed by atoms with Crippen molar-refractivity contribution in [1.82, 2.24) is 0 Å². The lowest BCUT2D eigenvalue weighted by Gasteiger charge is -2.16. The number of rotatable bonds is 6. The van der Waals surface area contributed by atoms with E-state index in [1.54, 1.807) is 7.11 Å². The van der Waals surface area contributed by atoms with Crippen LogP contribution in [0.25, 0.3) is 0 Å². The van der Waals surface area contributed by atoms with Crippen LogP contribution in [0.4, 0.5) is 0 Å². The van der Waals surface area contributed by atoms with Crippen LogP contribution in [0, 0.1) is 5.92 Å². The Hall–Kier alpha value is -0.0800. The largest absolute Gasteiger partial charge is 0.356 e. The van der Waals surface area contributed by atoms with Crippen LogP contribution in [0.1, 0.15) is 33.6 Å². The summed E-state index contributed by atoms with van der Waals surface area (Å²) in [4.78, 5) is 0. The number of hydrogen-bond acceptors (Lipinski definition) is 2. The van der Waals surface area contributed by atoms with Crippen LogP contribution in [0.5, 0.6) is 0 Å². The highest BCUT2D eigenvalue weighted by Gasteiger charge is 2.05. The molecule has 2 heteroatoms. The van der Waals surface area contributed by atoms with Crippen LogP contribution < -0.4 is 0 Å². The second kappa shape index (κ2) is 6.62. The van der Waals surface area contributed by atoms with Gasteiger partial charge in [-0.15, -0.1) is 0 Å². The standard InChI is InChI=1S/C9H20O2/c1-5-6-9(10-4)11-7-8(2)3/h8-9H,5-7H2,1-4H3. The Morgan fingerprint density at radius 3 is 2.27 bits per heavy atom. The molecule has 1 unspecified atom stereocenters. The van der Waals surface area contributed by atoms with Crippen molar-refractivity contribution in [2.75, 3.05) is 13.7 Å². The molecule has 0 aliphatic carbocycles. The van der Waals surface area contributed by atoms with Crippen molar-refractivity contribution in [3.8, 4) is 0 Å². The van der Waals surface area contributed by atoms with Gasteiger partial charge >= 0.3 is 0 Å². The molecule has 0 heterocycles. The molecular weight excluding hydrogens is 140 g/mol. The maximum absolute atomic E-state index is 5.47. The summed E-state index contributed by atoms with van der Waals surface area (Å²) < 4.78 is 10.6. The third-order valence-electron chi connectivity index (χ3n) is 1.40. The predicted molar refractivity (Wildman–Crippen MR) is 46.5 cm³/mol. The summed E-state index contributed by atoms with van der Waals surface area (Å²) in [5.41, 5.74) is 0. The highest BCUT2D eigenvalue weighted by atomic mass is 16.7. The van der Waals surface area contributed by atoms with Crippen LogP contribution in [-0.2, 0) is 9.47 Å². The molecule has 0 radical (unpaired) electrons. The summed E-state index contributed by atoms with van der Waals surface area (Å²) in [5.74, 6) is 0.588. The Bertz CT molecular complexity index is 81.6. The summed E-state index contributed by atoms with van der Waals surface area (Å²) in [6.07, 6.45) is 2.10. The van der Waals surface area contributed by atoms with Gasteiger partial charge in [-0.05, 0) is 12.3 Å². The molecule has 0 bridgehead atoms. The van der Waals surface area contributed by atoms with Gasteiger partial charge in [-0.1, -0.05) is 27.2 Å². The Kier molecular flexibility index (Phi) is 6.57. The number of methoxy groups -OCH3 is 1. The van der Waals surface area contributed by atoms with Crippen LogP contribution in [0.15, 0.2) is 0 Å². The number of ether oxygens (including phenoxy) is 2. The van der Waals surface area contributed by atoms with Crippen molar-refractivity contribution in [2.24, 2.45) is 5.92 Å². The lowest BCUT2D eigenvalue weighted by atomic mass is 10.2. The summed E-state index contributed by atoms with van der Waals surface area (Å²) in [6.45, 7) is 7.20. The van der Waals surface area contributed by atoms with Gasteiger partial charge in [0.25, 0.3) is 0 Å². The molecule has 0 aromatic heterocycles. The molecule has 0 spiro atoms. The molecule has 0 aliphatic rings. The Morgan fingerprint density at radius 1 is 1.27 bits per heavy atom. The molecule has 0 aliphatic heterocycles. The fourth-order valence-corrected chi connectivity index (χ4v) is 0.805. The highest BCUT2D eigenvalue weighted by Crippen LogP contribution is 2.04. The van der Waals surface area contributed by atoms with Crippen molar-refractivity contribution >= 4 is 0 Å². The maximum atomic E-state index is 5.47. The maximum Gasteiger partial charge on any atom is 0.157 e. The van der Waals surface area contributed by atoms with E-state index in [-0.39, 0.29) is 6.29 Å². The quantitative estimate of drug-likeness (QED) is 0.556. The molecule has 11 heavy (non-hydrogen) atoms. The van der Waals surface area contributed by atoms with Crippen LogP contribution in [0.2, 0.25) is 0 Å². The second-order valence-corrected chi connectivity index (χ2v) is 3.18. The molecule has 0 aromatic carbocycles. The van der Waals surface area contributed by atoms with Gasteiger partial charge in [0.1, 0.15) is 0 Å². The minimum atomic E-state index is 0.00222. The average molecular weight is 160 g/mol. The molecule has 0 amide bonds. The van der Waals surface area contributed by atoms with Gasteiger partial charge in [0.05, 0.1) is 6.61 Å². The van der Waals surface area contributed by atoms with Gasteiger partial charge in [0.2, 0.25) is 0 Å². The van der Waals surface area contributed by atoms with Gasteiger partial charge in [0, 0.05) is 7.11 Å².